The quantitative estimate of drug-likeness (QED) is 0.602. The molecule has 3 aromatic rings. The highest BCUT2D eigenvalue weighted by molar-refractivity contribution is 5.94. The molecule has 6 heteroatoms. The van der Waals surface area contributed by atoms with Gasteiger partial charge in [0.25, 0.3) is 0 Å². The molecule has 0 aliphatic rings. The second-order valence-corrected chi connectivity index (χ2v) is 5.54. The van der Waals surface area contributed by atoms with Crippen molar-refractivity contribution >= 4 is 23.0 Å². The lowest BCUT2D eigenvalue weighted by atomic mass is 10.1. The maximum absolute atomic E-state index is 11.9. The number of carbonyl (C=O) groups is 1. The molecule has 2 heterocycles. The zero-order valence-corrected chi connectivity index (χ0v) is 13.1. The Hall–Kier alpha value is -2.99. The second kappa shape index (κ2) is 7.52. The van der Waals surface area contributed by atoms with Crippen molar-refractivity contribution in [2.24, 2.45) is 5.73 Å². The van der Waals surface area contributed by atoms with Crippen molar-refractivity contribution in [3.63, 3.8) is 0 Å². The van der Waals surface area contributed by atoms with Crippen LogP contribution in [0.25, 0.3) is 17.1 Å². The number of nitrogens with one attached hydrogen (secondary N) is 2. The van der Waals surface area contributed by atoms with Crippen molar-refractivity contribution in [2.45, 2.75) is 12.5 Å². The maximum Gasteiger partial charge on any atom is 0.244 e. The molecule has 122 valence electrons. The van der Waals surface area contributed by atoms with Gasteiger partial charge in [0, 0.05) is 30.2 Å². The average Bonchev–Trinajstić information content (AvgIpc) is 3.02. The molecule has 0 saturated carbocycles. The molecule has 0 unspecified atom stereocenters. The molecular weight excluding hydrogens is 302 g/mol. The van der Waals surface area contributed by atoms with Gasteiger partial charge >= 0.3 is 0 Å². The Balaban J connectivity index is 1.52. The Morgan fingerprint density at radius 1 is 1.25 bits per heavy atom. The molecule has 6 nitrogen and oxygen atoms in total. The van der Waals surface area contributed by atoms with E-state index in [1.54, 1.807) is 12.3 Å². The molecule has 3 rings (SSSR count). The molecule has 0 saturated heterocycles. The number of amides is 1. The summed E-state index contributed by atoms with van der Waals surface area (Å²) >= 11 is 0. The number of fused-ring (bicyclic) bond motifs is 1. The Bertz CT molecular complexity index is 841. The van der Waals surface area contributed by atoms with Gasteiger partial charge in [-0.25, -0.2) is 4.98 Å². The number of aromatic nitrogens is 3. The standard InChI is InChI=1S/C18H19N5O/c19-14(11-13-5-2-1-3-6-13)12-21-17(24)9-8-16-15-7-4-10-20-18(15)23-22-16/h1-10,14H,11-12,19H2,(H,21,24)(H,20,22,23)/t14-/m0/s1. The lowest BCUT2D eigenvalue weighted by molar-refractivity contribution is -0.116. The van der Waals surface area contributed by atoms with Crippen molar-refractivity contribution in [1.29, 1.82) is 0 Å². The summed E-state index contributed by atoms with van der Waals surface area (Å²) < 4.78 is 0. The number of benzene rings is 1. The van der Waals surface area contributed by atoms with E-state index in [-0.39, 0.29) is 11.9 Å². The molecule has 0 radical (unpaired) electrons. The number of hydrogen-bond acceptors (Lipinski definition) is 4. The van der Waals surface area contributed by atoms with E-state index < -0.39 is 0 Å². The van der Waals surface area contributed by atoms with Crippen LogP contribution >= 0.6 is 0 Å². The average molecular weight is 321 g/mol. The summed E-state index contributed by atoms with van der Waals surface area (Å²) in [5.41, 5.74) is 8.59. The van der Waals surface area contributed by atoms with Gasteiger partial charge in [-0.2, -0.15) is 5.10 Å². The molecule has 2 aromatic heterocycles. The van der Waals surface area contributed by atoms with E-state index >= 15 is 0 Å². The van der Waals surface area contributed by atoms with Gasteiger partial charge in [0.05, 0.1) is 5.69 Å². The van der Waals surface area contributed by atoms with Gasteiger partial charge in [-0.05, 0) is 30.2 Å². The van der Waals surface area contributed by atoms with Crippen LogP contribution in [0, 0.1) is 0 Å². The molecule has 1 amide bonds. The minimum absolute atomic E-state index is 0.123. The van der Waals surface area contributed by atoms with Gasteiger partial charge in [-0.1, -0.05) is 30.3 Å². The monoisotopic (exact) mass is 321 g/mol. The van der Waals surface area contributed by atoms with Crippen LogP contribution in [-0.4, -0.2) is 33.7 Å². The van der Waals surface area contributed by atoms with Gasteiger partial charge in [0.15, 0.2) is 5.65 Å². The van der Waals surface area contributed by atoms with Crippen LogP contribution in [0.3, 0.4) is 0 Å². The highest BCUT2D eigenvalue weighted by Gasteiger charge is 2.06. The van der Waals surface area contributed by atoms with E-state index in [0.717, 1.165) is 23.1 Å². The third-order valence-electron chi connectivity index (χ3n) is 3.64. The SMILES string of the molecule is N[C@H](CNC(=O)C=Cc1[nH]nc2ncccc12)Cc1ccccc1. The van der Waals surface area contributed by atoms with Gasteiger partial charge in [-0.3, -0.25) is 9.89 Å². The summed E-state index contributed by atoms with van der Waals surface area (Å²) in [6.07, 6.45) is 5.56. The molecule has 1 aromatic carbocycles. The van der Waals surface area contributed by atoms with Gasteiger partial charge in [-0.15, -0.1) is 0 Å². The molecular formula is C18H19N5O. The predicted molar refractivity (Wildman–Crippen MR) is 94.1 cm³/mol. The lowest BCUT2D eigenvalue weighted by Crippen LogP contribution is -2.37. The molecule has 4 N–H and O–H groups in total. The molecule has 24 heavy (non-hydrogen) atoms. The number of nitrogens with zero attached hydrogens (tertiary/aromatic N) is 2. The lowest BCUT2D eigenvalue weighted by Gasteiger charge is -2.11. The van der Waals surface area contributed by atoms with Crippen molar-refractivity contribution in [1.82, 2.24) is 20.5 Å². The normalized spacial score (nSPS) is 12.5. The third-order valence-corrected chi connectivity index (χ3v) is 3.64. The number of rotatable bonds is 6. The first-order valence-electron chi connectivity index (χ1n) is 7.77. The van der Waals surface area contributed by atoms with Gasteiger partial charge < -0.3 is 11.1 Å². The molecule has 0 bridgehead atoms. The number of H-pyrrole nitrogens is 1. The van der Waals surface area contributed by atoms with Crippen LogP contribution in [-0.2, 0) is 11.2 Å². The van der Waals surface area contributed by atoms with E-state index in [2.05, 4.69) is 20.5 Å². The topological polar surface area (TPSA) is 96.7 Å². The highest BCUT2D eigenvalue weighted by atomic mass is 16.1. The van der Waals surface area contributed by atoms with E-state index in [1.165, 1.54) is 6.08 Å². The molecule has 0 aliphatic carbocycles. The zero-order valence-electron chi connectivity index (χ0n) is 13.1. The summed E-state index contributed by atoms with van der Waals surface area (Å²) in [5.74, 6) is -0.190. The van der Waals surface area contributed by atoms with Gasteiger partial charge in [0.1, 0.15) is 0 Å². The zero-order chi connectivity index (χ0) is 16.8. The summed E-state index contributed by atoms with van der Waals surface area (Å²) in [4.78, 5) is 16.1. The Kier molecular flexibility index (Phi) is 4.98. The van der Waals surface area contributed by atoms with Crippen LogP contribution in [0.15, 0.2) is 54.7 Å². The fourth-order valence-corrected chi connectivity index (χ4v) is 2.44. The Morgan fingerprint density at radius 2 is 2.08 bits per heavy atom. The number of nitrogens with two attached hydrogens (primary N) is 1. The first-order chi connectivity index (χ1) is 11.7. The Labute approximate surface area is 139 Å². The first-order valence-corrected chi connectivity index (χ1v) is 7.77. The predicted octanol–water partition coefficient (Wildman–Crippen LogP) is 1.66. The van der Waals surface area contributed by atoms with Crippen LogP contribution in [0.4, 0.5) is 0 Å². The van der Waals surface area contributed by atoms with E-state index in [9.17, 15) is 4.79 Å². The van der Waals surface area contributed by atoms with Gasteiger partial charge in [0.2, 0.25) is 5.91 Å². The summed E-state index contributed by atoms with van der Waals surface area (Å²) in [5, 5.41) is 10.6. The highest BCUT2D eigenvalue weighted by Crippen LogP contribution is 2.13. The van der Waals surface area contributed by atoms with Crippen LogP contribution in [0.5, 0.6) is 0 Å². The minimum Gasteiger partial charge on any atom is -0.351 e. The van der Waals surface area contributed by atoms with E-state index in [4.69, 9.17) is 5.73 Å². The van der Waals surface area contributed by atoms with Crippen molar-refractivity contribution in [3.05, 3.63) is 66.0 Å². The smallest absolute Gasteiger partial charge is 0.244 e. The molecule has 1 atom stereocenters. The van der Waals surface area contributed by atoms with E-state index in [1.807, 2.05) is 42.5 Å². The van der Waals surface area contributed by atoms with Crippen LogP contribution in [0.1, 0.15) is 11.3 Å². The number of hydrogen-bond donors (Lipinski definition) is 3. The van der Waals surface area contributed by atoms with Crippen molar-refractivity contribution in [3.8, 4) is 0 Å². The fourth-order valence-electron chi connectivity index (χ4n) is 2.44. The molecule has 0 aliphatic heterocycles. The first kappa shape index (κ1) is 15.9. The minimum atomic E-state index is -0.190. The molecule has 0 spiro atoms. The van der Waals surface area contributed by atoms with Crippen molar-refractivity contribution < 1.29 is 4.79 Å². The summed E-state index contributed by atoms with van der Waals surface area (Å²) in [7, 11) is 0. The number of carbonyl (C=O) groups excluding carboxylic acids is 1. The number of pyridine rings is 1. The molecule has 0 fully saturated rings. The largest absolute Gasteiger partial charge is 0.351 e. The van der Waals surface area contributed by atoms with E-state index in [0.29, 0.717) is 12.2 Å². The maximum atomic E-state index is 11.9. The van der Waals surface area contributed by atoms with Crippen molar-refractivity contribution in [2.75, 3.05) is 6.54 Å². The van der Waals surface area contributed by atoms with Crippen LogP contribution < -0.4 is 11.1 Å². The number of aromatic amines is 1. The summed E-state index contributed by atoms with van der Waals surface area (Å²) in [6.45, 7) is 0.420. The second-order valence-electron chi connectivity index (χ2n) is 5.54. The third kappa shape index (κ3) is 4.05. The Morgan fingerprint density at radius 3 is 2.92 bits per heavy atom. The van der Waals surface area contributed by atoms with Crippen LogP contribution in [0.2, 0.25) is 0 Å². The fraction of sp³-hybridized carbons (Fsp3) is 0.167. The summed E-state index contributed by atoms with van der Waals surface area (Å²) in [6, 6.07) is 13.6.